The van der Waals surface area contributed by atoms with Crippen LogP contribution in [-0.2, 0) is 0 Å². The summed E-state index contributed by atoms with van der Waals surface area (Å²) in [5.74, 6) is 1.05. The second kappa shape index (κ2) is 9.01. The van der Waals surface area contributed by atoms with Crippen molar-refractivity contribution in [2.45, 2.75) is 37.5 Å². The molecule has 0 amide bonds. The molecular formula is C23H28F2N8. The zero-order chi connectivity index (χ0) is 22.9. The molecule has 2 N–H and O–H groups in total. The maximum Gasteiger partial charge on any atom is 0.243 e. The van der Waals surface area contributed by atoms with Crippen molar-refractivity contribution in [2.24, 2.45) is 10.2 Å². The molecule has 0 radical (unpaired) electrons. The number of halogens is 2. The van der Waals surface area contributed by atoms with Crippen LogP contribution >= 0.6 is 0 Å². The van der Waals surface area contributed by atoms with E-state index < -0.39 is 6.17 Å². The predicted molar refractivity (Wildman–Crippen MR) is 125 cm³/mol. The van der Waals surface area contributed by atoms with Crippen molar-refractivity contribution in [1.82, 2.24) is 19.5 Å². The second-order valence-corrected chi connectivity index (χ2v) is 8.71. The molecule has 0 saturated carbocycles. The molecule has 2 aromatic heterocycles. The summed E-state index contributed by atoms with van der Waals surface area (Å²) < 4.78 is 28.9. The predicted octanol–water partition coefficient (Wildman–Crippen LogP) is 4.78. The van der Waals surface area contributed by atoms with Crippen LogP contribution in [0.4, 0.5) is 26.2 Å². The Bertz CT molecular complexity index is 1180. The Morgan fingerprint density at radius 3 is 2.91 bits per heavy atom. The van der Waals surface area contributed by atoms with Crippen LogP contribution in [0.1, 0.15) is 30.9 Å². The molecule has 2 aliphatic heterocycles. The van der Waals surface area contributed by atoms with Crippen LogP contribution in [0.2, 0.25) is 0 Å². The molecule has 1 fully saturated rings. The number of azo groups is 1. The standard InChI is InChI=1S/C23H28F2N8/c1-26-22-21-15(14-5-6-19-16(12-14)18(29-30-19)4-3-9-24)7-11-33(21)31-23(28-22)27-20-8-10-32(2)13-17(20)25/h5-7,11-12,17-18,20H,3-4,8-10,13H2,1-2H3,(H2,26,27,28,31)/t17-,18?,20+/m1/s1. The van der Waals surface area contributed by atoms with E-state index in [9.17, 15) is 8.78 Å². The van der Waals surface area contributed by atoms with E-state index in [2.05, 4.69) is 37.0 Å². The van der Waals surface area contributed by atoms with E-state index >= 15 is 0 Å². The van der Waals surface area contributed by atoms with Crippen LogP contribution in [0.5, 0.6) is 0 Å². The summed E-state index contributed by atoms with van der Waals surface area (Å²) in [4.78, 5) is 6.63. The average Bonchev–Trinajstić information content (AvgIpc) is 3.42. The number of piperidine rings is 1. The fourth-order valence-corrected chi connectivity index (χ4v) is 4.64. The Kier molecular flexibility index (Phi) is 5.92. The Hall–Kier alpha value is -3.14. The molecule has 1 unspecified atom stereocenters. The van der Waals surface area contributed by atoms with Gasteiger partial charge in [-0.2, -0.15) is 15.2 Å². The van der Waals surface area contributed by atoms with Gasteiger partial charge in [0.25, 0.3) is 0 Å². The lowest BCUT2D eigenvalue weighted by molar-refractivity contribution is 0.149. The van der Waals surface area contributed by atoms with E-state index in [-0.39, 0.29) is 18.8 Å². The average molecular weight is 455 g/mol. The fourth-order valence-electron chi connectivity index (χ4n) is 4.64. The van der Waals surface area contributed by atoms with Crippen LogP contribution in [0.15, 0.2) is 40.7 Å². The van der Waals surface area contributed by atoms with Crippen molar-refractivity contribution in [2.75, 3.05) is 44.5 Å². The third-order valence-corrected chi connectivity index (χ3v) is 6.42. The Morgan fingerprint density at radius 2 is 2.12 bits per heavy atom. The third kappa shape index (κ3) is 4.15. The van der Waals surface area contributed by atoms with Gasteiger partial charge >= 0.3 is 0 Å². The zero-order valence-corrected chi connectivity index (χ0v) is 18.8. The summed E-state index contributed by atoms with van der Waals surface area (Å²) in [6.45, 7) is 0.872. The summed E-state index contributed by atoms with van der Waals surface area (Å²) in [6.07, 6.45) is 2.70. The van der Waals surface area contributed by atoms with Gasteiger partial charge in [0, 0.05) is 37.5 Å². The highest BCUT2D eigenvalue weighted by atomic mass is 19.1. The number of anilines is 2. The number of likely N-dealkylation sites (tertiary alicyclic amines) is 1. The van der Waals surface area contributed by atoms with Crippen molar-refractivity contribution in [1.29, 1.82) is 0 Å². The highest BCUT2D eigenvalue weighted by Crippen LogP contribution is 2.41. The number of hydrogen-bond acceptors (Lipinski definition) is 7. The Labute approximate surface area is 191 Å². The number of aromatic nitrogens is 3. The summed E-state index contributed by atoms with van der Waals surface area (Å²) >= 11 is 0. The molecule has 1 saturated heterocycles. The lowest BCUT2D eigenvalue weighted by atomic mass is 9.97. The second-order valence-electron chi connectivity index (χ2n) is 8.71. The van der Waals surface area contributed by atoms with E-state index in [1.165, 1.54) is 0 Å². The number of rotatable bonds is 7. The Morgan fingerprint density at radius 1 is 1.24 bits per heavy atom. The smallest absolute Gasteiger partial charge is 0.243 e. The van der Waals surface area contributed by atoms with Gasteiger partial charge in [-0.25, -0.2) is 8.91 Å². The van der Waals surface area contributed by atoms with Crippen LogP contribution in [-0.4, -0.2) is 65.6 Å². The van der Waals surface area contributed by atoms with Crippen LogP contribution in [0, 0.1) is 0 Å². The van der Waals surface area contributed by atoms with Gasteiger partial charge in [0.15, 0.2) is 5.82 Å². The topological polar surface area (TPSA) is 82.2 Å². The number of hydrogen-bond donors (Lipinski definition) is 2. The maximum atomic E-state index is 14.5. The van der Waals surface area contributed by atoms with Crippen molar-refractivity contribution in [3.63, 3.8) is 0 Å². The SMILES string of the molecule is CNc1nc(N[C@H]2CCN(C)C[C@H]2F)nn2ccc(-c3ccc4c(c3)C(CCCF)N=N4)c12. The monoisotopic (exact) mass is 454 g/mol. The van der Waals surface area contributed by atoms with E-state index in [0.717, 1.165) is 34.4 Å². The summed E-state index contributed by atoms with van der Waals surface area (Å²) in [6, 6.07) is 7.59. The molecule has 33 heavy (non-hydrogen) atoms. The number of nitrogens with one attached hydrogen (secondary N) is 2. The molecule has 3 aromatic rings. The molecule has 4 heterocycles. The first-order chi connectivity index (χ1) is 16.1. The zero-order valence-electron chi connectivity index (χ0n) is 18.8. The normalized spacial score (nSPS) is 22.6. The van der Waals surface area contributed by atoms with Crippen LogP contribution < -0.4 is 10.6 Å². The molecule has 10 heteroatoms. The first-order valence-electron chi connectivity index (χ1n) is 11.3. The summed E-state index contributed by atoms with van der Waals surface area (Å²) in [5, 5.41) is 19.5. The lowest BCUT2D eigenvalue weighted by Gasteiger charge is -2.32. The van der Waals surface area contributed by atoms with Gasteiger partial charge in [0.1, 0.15) is 11.7 Å². The summed E-state index contributed by atoms with van der Waals surface area (Å²) in [5.41, 5.74) is 4.64. The fraction of sp³-hybridized carbons (Fsp3) is 0.478. The molecular weight excluding hydrogens is 426 g/mol. The highest BCUT2D eigenvalue weighted by molar-refractivity contribution is 5.89. The van der Waals surface area contributed by atoms with Gasteiger partial charge < -0.3 is 15.5 Å². The van der Waals surface area contributed by atoms with Crippen molar-refractivity contribution in [3.05, 3.63) is 36.0 Å². The van der Waals surface area contributed by atoms with E-state index in [1.807, 2.05) is 43.4 Å². The quantitative estimate of drug-likeness (QED) is 0.537. The van der Waals surface area contributed by atoms with Crippen molar-refractivity contribution < 1.29 is 8.78 Å². The maximum absolute atomic E-state index is 14.5. The van der Waals surface area contributed by atoms with Gasteiger partial charge in [-0.1, -0.05) is 6.07 Å². The lowest BCUT2D eigenvalue weighted by Crippen LogP contribution is -2.46. The minimum absolute atomic E-state index is 0.108. The molecule has 5 rings (SSSR count). The number of nitrogens with zero attached hydrogens (tertiary/aromatic N) is 6. The van der Waals surface area contributed by atoms with E-state index in [0.29, 0.717) is 37.6 Å². The molecule has 3 atom stereocenters. The van der Waals surface area contributed by atoms with Gasteiger partial charge in [-0.3, -0.25) is 4.39 Å². The number of benzene rings is 1. The number of alkyl halides is 2. The minimum atomic E-state index is -0.978. The first-order valence-corrected chi connectivity index (χ1v) is 11.3. The molecule has 8 nitrogen and oxygen atoms in total. The third-order valence-electron chi connectivity index (χ3n) is 6.42. The molecule has 2 aliphatic rings. The van der Waals surface area contributed by atoms with Crippen molar-refractivity contribution in [3.8, 4) is 11.1 Å². The highest BCUT2D eigenvalue weighted by Gasteiger charge is 2.28. The molecule has 174 valence electrons. The molecule has 0 bridgehead atoms. The van der Waals surface area contributed by atoms with Gasteiger partial charge in [0.2, 0.25) is 5.95 Å². The van der Waals surface area contributed by atoms with Crippen LogP contribution in [0.25, 0.3) is 16.6 Å². The van der Waals surface area contributed by atoms with Gasteiger partial charge in [-0.05, 0) is 50.1 Å². The van der Waals surface area contributed by atoms with Crippen molar-refractivity contribution >= 4 is 23.0 Å². The van der Waals surface area contributed by atoms with Gasteiger partial charge in [-0.15, -0.1) is 5.10 Å². The minimum Gasteiger partial charge on any atom is -0.371 e. The number of fused-ring (bicyclic) bond motifs is 2. The van der Waals surface area contributed by atoms with Gasteiger partial charge in [0.05, 0.1) is 24.4 Å². The first kappa shape index (κ1) is 21.7. The Balaban J connectivity index is 1.46. The summed E-state index contributed by atoms with van der Waals surface area (Å²) in [7, 11) is 3.74. The van der Waals surface area contributed by atoms with Crippen LogP contribution in [0.3, 0.4) is 0 Å². The molecule has 1 aromatic carbocycles. The largest absolute Gasteiger partial charge is 0.371 e. The molecule has 0 spiro atoms. The molecule has 0 aliphatic carbocycles. The van der Waals surface area contributed by atoms with E-state index in [4.69, 9.17) is 0 Å². The van der Waals surface area contributed by atoms with E-state index in [1.54, 1.807) is 4.52 Å².